The van der Waals surface area contributed by atoms with Gasteiger partial charge in [-0.2, -0.15) is 4.98 Å². The molecule has 2 heterocycles. The minimum atomic E-state index is -0.848. The summed E-state index contributed by atoms with van der Waals surface area (Å²) < 4.78 is 7.08. The minimum Gasteiger partial charge on any atom is -0.481 e. The molecule has 2 aromatic heterocycles. The van der Waals surface area contributed by atoms with Gasteiger partial charge >= 0.3 is 5.97 Å². The number of carboxylic acid groups (broad SMARTS) is 1. The molecule has 1 aliphatic carbocycles. The summed E-state index contributed by atoms with van der Waals surface area (Å²) in [6.07, 6.45) is 2.90. The molecule has 0 aliphatic heterocycles. The summed E-state index contributed by atoms with van der Waals surface area (Å²) in [5.41, 5.74) is 2.86. The number of carbonyl (C=O) groups is 1. The van der Waals surface area contributed by atoms with Gasteiger partial charge in [0.25, 0.3) is 0 Å². The zero-order valence-corrected chi connectivity index (χ0v) is 16.1. The second-order valence-corrected chi connectivity index (χ2v) is 8.51. The smallest absolute Gasteiger partial charge is 0.307 e. The Morgan fingerprint density at radius 3 is 2.65 bits per heavy atom. The van der Waals surface area contributed by atoms with Crippen molar-refractivity contribution in [3.8, 4) is 22.3 Å². The molecule has 0 amide bonds. The Kier molecular flexibility index (Phi) is 4.74. The molecule has 1 aliphatic rings. The maximum absolute atomic E-state index is 10.8. The number of fused-ring (bicyclic) bond motifs is 1. The van der Waals surface area contributed by atoms with Gasteiger partial charge in [-0.3, -0.25) is 4.79 Å². The molecule has 0 saturated carbocycles. The average Bonchev–Trinajstić information content (AvgIpc) is 3.25. The SMILES string of the molecule is O=C(O)Cc1ccc(Oc2nc(-c3ccc(Br)s3)nc3c2CCC3)cc1. The molecular weight excluding hydrogens is 416 g/mol. The molecule has 5 nitrogen and oxygen atoms in total. The summed E-state index contributed by atoms with van der Waals surface area (Å²) in [5, 5.41) is 8.87. The molecule has 1 aromatic carbocycles. The highest BCUT2D eigenvalue weighted by Crippen LogP contribution is 2.36. The standard InChI is InChI=1S/C19H15BrN2O3S/c20-16-9-8-15(26-16)18-21-14-3-1-2-13(14)19(22-18)25-12-6-4-11(5-7-12)10-17(23)24/h4-9H,1-3,10H2,(H,23,24). The lowest BCUT2D eigenvalue weighted by molar-refractivity contribution is -0.136. The van der Waals surface area contributed by atoms with Gasteiger partial charge in [0.05, 0.1) is 20.8 Å². The predicted molar refractivity (Wildman–Crippen MR) is 103 cm³/mol. The number of halogens is 1. The molecule has 0 bridgehead atoms. The van der Waals surface area contributed by atoms with Crippen LogP contribution in [-0.4, -0.2) is 21.0 Å². The first-order valence-corrected chi connectivity index (χ1v) is 9.83. The Balaban J connectivity index is 1.65. The van der Waals surface area contributed by atoms with Crippen LogP contribution in [0.3, 0.4) is 0 Å². The lowest BCUT2D eigenvalue weighted by atomic mass is 10.1. The Bertz CT molecular complexity index is 969. The van der Waals surface area contributed by atoms with Crippen LogP contribution in [0.15, 0.2) is 40.2 Å². The van der Waals surface area contributed by atoms with Gasteiger partial charge in [-0.15, -0.1) is 11.3 Å². The molecule has 7 heteroatoms. The second-order valence-electron chi connectivity index (χ2n) is 6.05. The van der Waals surface area contributed by atoms with E-state index in [1.165, 1.54) is 0 Å². The molecule has 1 N–H and O–H groups in total. The maximum Gasteiger partial charge on any atom is 0.307 e. The number of hydrogen-bond donors (Lipinski definition) is 1. The van der Waals surface area contributed by atoms with Crippen LogP contribution in [0.1, 0.15) is 23.2 Å². The summed E-state index contributed by atoms with van der Waals surface area (Å²) in [7, 11) is 0. The summed E-state index contributed by atoms with van der Waals surface area (Å²) in [6.45, 7) is 0. The first-order chi connectivity index (χ1) is 12.6. The summed E-state index contributed by atoms with van der Waals surface area (Å²) in [5.74, 6) is 1.07. The van der Waals surface area contributed by atoms with E-state index >= 15 is 0 Å². The number of carboxylic acids is 1. The molecule has 4 rings (SSSR count). The topological polar surface area (TPSA) is 72.3 Å². The van der Waals surface area contributed by atoms with Crippen molar-refractivity contribution >= 4 is 33.2 Å². The van der Waals surface area contributed by atoms with E-state index in [4.69, 9.17) is 14.8 Å². The third kappa shape index (κ3) is 3.64. The van der Waals surface area contributed by atoms with Crippen molar-refractivity contribution in [3.63, 3.8) is 0 Å². The lowest BCUT2D eigenvalue weighted by Crippen LogP contribution is -2.01. The van der Waals surface area contributed by atoms with Gasteiger partial charge in [0.1, 0.15) is 5.75 Å². The van der Waals surface area contributed by atoms with E-state index in [0.717, 1.165) is 44.7 Å². The fourth-order valence-electron chi connectivity index (χ4n) is 2.99. The fourth-order valence-corrected chi connectivity index (χ4v) is 4.31. The summed E-state index contributed by atoms with van der Waals surface area (Å²) >= 11 is 5.07. The van der Waals surface area contributed by atoms with Crippen molar-refractivity contribution in [3.05, 3.63) is 57.0 Å². The number of benzene rings is 1. The Hall–Kier alpha value is -2.25. The van der Waals surface area contributed by atoms with Crippen LogP contribution < -0.4 is 4.74 Å². The first-order valence-electron chi connectivity index (χ1n) is 8.22. The van der Waals surface area contributed by atoms with Crippen LogP contribution in [0.4, 0.5) is 0 Å². The van der Waals surface area contributed by atoms with E-state index in [0.29, 0.717) is 17.5 Å². The van der Waals surface area contributed by atoms with Crippen LogP contribution in [0.2, 0.25) is 0 Å². The molecule has 3 aromatic rings. The second kappa shape index (κ2) is 7.17. The zero-order valence-electron chi connectivity index (χ0n) is 13.7. The lowest BCUT2D eigenvalue weighted by Gasteiger charge is -2.11. The van der Waals surface area contributed by atoms with Crippen molar-refractivity contribution in [1.82, 2.24) is 9.97 Å². The molecule has 132 valence electrons. The zero-order chi connectivity index (χ0) is 18.1. The van der Waals surface area contributed by atoms with Crippen LogP contribution in [0, 0.1) is 0 Å². The summed E-state index contributed by atoms with van der Waals surface area (Å²) in [4.78, 5) is 21.2. The van der Waals surface area contributed by atoms with Crippen molar-refractivity contribution in [2.45, 2.75) is 25.7 Å². The number of aryl methyl sites for hydroxylation is 1. The van der Waals surface area contributed by atoms with E-state index < -0.39 is 5.97 Å². The molecule has 0 atom stereocenters. The Labute approximate surface area is 162 Å². The van der Waals surface area contributed by atoms with E-state index in [1.54, 1.807) is 35.6 Å². The minimum absolute atomic E-state index is 0.000584. The third-order valence-corrected chi connectivity index (χ3v) is 5.80. The summed E-state index contributed by atoms with van der Waals surface area (Å²) in [6, 6.07) is 11.1. The normalized spacial score (nSPS) is 12.8. The van der Waals surface area contributed by atoms with Gasteiger partial charge in [0.2, 0.25) is 5.88 Å². The van der Waals surface area contributed by atoms with E-state index in [9.17, 15) is 4.79 Å². The first kappa shape index (κ1) is 17.2. The van der Waals surface area contributed by atoms with Crippen LogP contribution in [-0.2, 0) is 24.1 Å². The number of aliphatic carboxylic acids is 1. The number of thiophene rings is 1. The van der Waals surface area contributed by atoms with Gasteiger partial charge in [-0.05, 0) is 65.0 Å². The molecule has 0 fully saturated rings. The number of ether oxygens (including phenoxy) is 1. The third-order valence-electron chi connectivity index (χ3n) is 4.18. The molecule has 26 heavy (non-hydrogen) atoms. The van der Waals surface area contributed by atoms with Gasteiger partial charge in [0.15, 0.2) is 5.82 Å². The Morgan fingerprint density at radius 1 is 1.15 bits per heavy atom. The molecular formula is C19H15BrN2O3S. The number of rotatable bonds is 5. The monoisotopic (exact) mass is 430 g/mol. The highest BCUT2D eigenvalue weighted by Gasteiger charge is 2.22. The number of aromatic nitrogens is 2. The van der Waals surface area contributed by atoms with E-state index in [-0.39, 0.29) is 6.42 Å². The molecule has 0 unspecified atom stereocenters. The predicted octanol–water partition coefficient (Wildman–Crippen LogP) is 4.88. The quantitative estimate of drug-likeness (QED) is 0.624. The number of hydrogen-bond acceptors (Lipinski definition) is 5. The van der Waals surface area contributed by atoms with E-state index in [2.05, 4.69) is 20.9 Å². The van der Waals surface area contributed by atoms with Gasteiger partial charge in [0, 0.05) is 5.56 Å². The van der Waals surface area contributed by atoms with Crippen LogP contribution >= 0.6 is 27.3 Å². The van der Waals surface area contributed by atoms with Crippen molar-refractivity contribution < 1.29 is 14.6 Å². The molecule has 0 radical (unpaired) electrons. The number of nitrogens with zero attached hydrogens (tertiary/aromatic N) is 2. The average molecular weight is 431 g/mol. The van der Waals surface area contributed by atoms with Crippen molar-refractivity contribution in [2.75, 3.05) is 0 Å². The van der Waals surface area contributed by atoms with Crippen LogP contribution in [0.5, 0.6) is 11.6 Å². The van der Waals surface area contributed by atoms with E-state index in [1.807, 2.05) is 12.1 Å². The van der Waals surface area contributed by atoms with Gasteiger partial charge in [-0.25, -0.2) is 4.98 Å². The van der Waals surface area contributed by atoms with Gasteiger partial charge in [-0.1, -0.05) is 12.1 Å². The maximum atomic E-state index is 10.8. The van der Waals surface area contributed by atoms with Crippen molar-refractivity contribution in [1.29, 1.82) is 0 Å². The highest BCUT2D eigenvalue weighted by atomic mass is 79.9. The molecule has 0 spiro atoms. The fraction of sp³-hybridized carbons (Fsp3) is 0.211. The molecule has 0 saturated heterocycles. The Morgan fingerprint density at radius 2 is 1.96 bits per heavy atom. The van der Waals surface area contributed by atoms with Crippen LogP contribution in [0.25, 0.3) is 10.7 Å². The largest absolute Gasteiger partial charge is 0.481 e. The van der Waals surface area contributed by atoms with Gasteiger partial charge < -0.3 is 9.84 Å². The van der Waals surface area contributed by atoms with Crippen molar-refractivity contribution in [2.24, 2.45) is 0 Å². The highest BCUT2D eigenvalue weighted by molar-refractivity contribution is 9.11.